The number of benzene rings is 2. The van der Waals surface area contributed by atoms with Crippen molar-refractivity contribution < 1.29 is 23.4 Å². The fourth-order valence-corrected chi connectivity index (χ4v) is 4.55. The highest BCUT2D eigenvalue weighted by molar-refractivity contribution is 5.73. The summed E-state index contributed by atoms with van der Waals surface area (Å²) in [6.45, 7) is 3.16. The second kappa shape index (κ2) is 9.65. The number of nitrogens with one attached hydrogen (secondary N) is 2. The molecule has 0 aromatic heterocycles. The molecule has 0 bridgehead atoms. The summed E-state index contributed by atoms with van der Waals surface area (Å²) in [7, 11) is 0. The van der Waals surface area contributed by atoms with Crippen molar-refractivity contribution in [1.29, 1.82) is 0 Å². The van der Waals surface area contributed by atoms with Crippen molar-refractivity contribution >= 4 is 5.91 Å². The van der Waals surface area contributed by atoms with E-state index in [1.807, 2.05) is 0 Å². The highest BCUT2D eigenvalue weighted by Crippen LogP contribution is 2.46. The van der Waals surface area contributed by atoms with Gasteiger partial charge >= 0.3 is 0 Å². The first-order valence-electron chi connectivity index (χ1n) is 11.2. The van der Waals surface area contributed by atoms with Crippen LogP contribution in [-0.2, 0) is 21.5 Å². The van der Waals surface area contributed by atoms with E-state index in [1.54, 1.807) is 0 Å². The Morgan fingerprint density at radius 3 is 2.59 bits per heavy atom. The predicted octanol–water partition coefficient (Wildman–Crippen LogP) is 3.16. The van der Waals surface area contributed by atoms with Crippen molar-refractivity contribution in [2.75, 3.05) is 19.8 Å². The molecule has 2 aliphatic rings. The number of ether oxygens (including phenoxy) is 1. The van der Waals surface area contributed by atoms with E-state index in [1.165, 1.54) is 30.2 Å². The van der Waals surface area contributed by atoms with Crippen molar-refractivity contribution in [1.82, 2.24) is 10.6 Å². The van der Waals surface area contributed by atoms with Gasteiger partial charge in [-0.05, 0) is 54.5 Å². The molecule has 7 heteroatoms. The van der Waals surface area contributed by atoms with E-state index in [4.69, 9.17) is 4.74 Å². The fourth-order valence-electron chi connectivity index (χ4n) is 4.55. The minimum Gasteiger partial charge on any atom is -0.390 e. The van der Waals surface area contributed by atoms with Crippen LogP contribution in [0.25, 0.3) is 0 Å². The molecular formula is C25H30F2N2O3. The minimum absolute atomic E-state index is 0.126. The maximum absolute atomic E-state index is 13.6. The summed E-state index contributed by atoms with van der Waals surface area (Å²) in [5, 5.41) is 17.0. The summed E-state index contributed by atoms with van der Waals surface area (Å²) in [6.07, 6.45) is 2.16. The van der Waals surface area contributed by atoms with Gasteiger partial charge in [0.25, 0.3) is 0 Å². The number of carbonyl (C=O) groups is 1. The van der Waals surface area contributed by atoms with Crippen LogP contribution >= 0.6 is 0 Å². The lowest BCUT2D eigenvalue weighted by molar-refractivity contribution is -0.120. The van der Waals surface area contributed by atoms with Crippen LogP contribution in [0.1, 0.15) is 48.8 Å². The average molecular weight is 445 g/mol. The Balaban J connectivity index is 1.42. The Bertz CT molecular complexity index is 938. The van der Waals surface area contributed by atoms with Gasteiger partial charge in [0.2, 0.25) is 5.91 Å². The number of aliphatic hydroxyl groups excluding tert-OH is 1. The van der Waals surface area contributed by atoms with E-state index in [2.05, 4.69) is 34.9 Å². The van der Waals surface area contributed by atoms with Crippen molar-refractivity contribution in [3.05, 3.63) is 70.8 Å². The number of hydrogen-bond donors (Lipinski definition) is 3. The lowest BCUT2D eigenvalue weighted by Gasteiger charge is -2.27. The quantitative estimate of drug-likeness (QED) is 0.556. The normalized spacial score (nSPS) is 21.2. The number of rotatable bonds is 9. The molecule has 32 heavy (non-hydrogen) atoms. The molecule has 2 fully saturated rings. The van der Waals surface area contributed by atoms with Crippen molar-refractivity contribution in [2.24, 2.45) is 0 Å². The standard InChI is InChI=1S/C25H30F2N2O3/c1-16(30)29-23(11-17-9-21(26)13-22(27)10-17)24(31)14-28-25(6-7-25)20-4-2-3-18(12-20)19-5-8-32-15-19/h2-4,9-10,12-13,19,23-24,28,31H,5-8,11,14-15H2,1H3,(H,29,30). The van der Waals surface area contributed by atoms with E-state index >= 15 is 0 Å². The molecule has 1 saturated carbocycles. The maximum atomic E-state index is 13.6. The Morgan fingerprint density at radius 2 is 1.97 bits per heavy atom. The Kier molecular flexibility index (Phi) is 6.88. The van der Waals surface area contributed by atoms with Gasteiger partial charge in [0.1, 0.15) is 11.6 Å². The lowest BCUT2D eigenvalue weighted by Crippen LogP contribution is -2.49. The molecule has 1 heterocycles. The van der Waals surface area contributed by atoms with Crippen molar-refractivity contribution in [2.45, 2.75) is 56.2 Å². The zero-order valence-electron chi connectivity index (χ0n) is 18.2. The predicted molar refractivity (Wildman–Crippen MR) is 117 cm³/mol. The van der Waals surface area contributed by atoms with Crippen LogP contribution in [0, 0.1) is 11.6 Å². The second-order valence-corrected chi connectivity index (χ2v) is 9.01. The molecule has 0 spiro atoms. The summed E-state index contributed by atoms with van der Waals surface area (Å²) >= 11 is 0. The smallest absolute Gasteiger partial charge is 0.217 e. The van der Waals surface area contributed by atoms with E-state index in [9.17, 15) is 18.7 Å². The molecule has 2 aromatic carbocycles. The first-order chi connectivity index (χ1) is 15.3. The van der Waals surface area contributed by atoms with E-state index in [0.29, 0.717) is 11.5 Å². The van der Waals surface area contributed by atoms with E-state index in [-0.39, 0.29) is 24.4 Å². The largest absolute Gasteiger partial charge is 0.390 e. The van der Waals surface area contributed by atoms with Crippen LogP contribution < -0.4 is 10.6 Å². The van der Waals surface area contributed by atoms with Crippen molar-refractivity contribution in [3.63, 3.8) is 0 Å². The average Bonchev–Trinajstić information content (AvgIpc) is 3.33. The minimum atomic E-state index is -0.922. The molecule has 0 radical (unpaired) electrons. The van der Waals surface area contributed by atoms with E-state index in [0.717, 1.165) is 38.5 Å². The molecule has 3 atom stereocenters. The lowest BCUT2D eigenvalue weighted by atomic mass is 9.93. The number of halogens is 2. The first kappa shape index (κ1) is 22.8. The van der Waals surface area contributed by atoms with Crippen LogP contribution in [0.5, 0.6) is 0 Å². The zero-order valence-corrected chi connectivity index (χ0v) is 18.2. The van der Waals surface area contributed by atoms with Gasteiger partial charge < -0.3 is 20.5 Å². The summed E-state index contributed by atoms with van der Waals surface area (Å²) in [5.41, 5.74) is 2.66. The summed E-state index contributed by atoms with van der Waals surface area (Å²) in [5.74, 6) is -1.25. The van der Waals surface area contributed by atoms with Crippen LogP contribution in [0.4, 0.5) is 8.78 Å². The second-order valence-electron chi connectivity index (χ2n) is 9.01. The van der Waals surface area contributed by atoms with Crippen molar-refractivity contribution in [3.8, 4) is 0 Å². The summed E-state index contributed by atoms with van der Waals surface area (Å²) in [4.78, 5) is 11.7. The highest BCUT2D eigenvalue weighted by Gasteiger charge is 2.44. The van der Waals surface area contributed by atoms with Gasteiger partial charge in [-0.15, -0.1) is 0 Å². The summed E-state index contributed by atoms with van der Waals surface area (Å²) < 4.78 is 32.7. The maximum Gasteiger partial charge on any atom is 0.217 e. The Labute approximate surface area is 187 Å². The van der Waals surface area contributed by atoms with Gasteiger partial charge in [0.05, 0.1) is 18.8 Å². The van der Waals surface area contributed by atoms with Crippen LogP contribution in [0.15, 0.2) is 42.5 Å². The third kappa shape index (κ3) is 5.52. The van der Waals surface area contributed by atoms with Crippen LogP contribution in [0.2, 0.25) is 0 Å². The Hall–Kier alpha value is -2.35. The molecule has 4 rings (SSSR count). The molecule has 2 aromatic rings. The van der Waals surface area contributed by atoms with Gasteiger partial charge in [0.15, 0.2) is 0 Å². The molecule has 3 N–H and O–H groups in total. The van der Waals surface area contributed by atoms with Crippen LogP contribution in [0.3, 0.4) is 0 Å². The molecule has 1 saturated heterocycles. The monoisotopic (exact) mass is 444 g/mol. The fraction of sp³-hybridized carbons (Fsp3) is 0.480. The molecule has 3 unspecified atom stereocenters. The first-order valence-corrected chi connectivity index (χ1v) is 11.2. The third-order valence-electron chi connectivity index (χ3n) is 6.47. The molecule has 172 valence electrons. The third-order valence-corrected chi connectivity index (χ3v) is 6.47. The van der Waals surface area contributed by atoms with Gasteiger partial charge in [0, 0.05) is 37.6 Å². The Morgan fingerprint density at radius 1 is 1.22 bits per heavy atom. The van der Waals surface area contributed by atoms with Gasteiger partial charge in [-0.2, -0.15) is 0 Å². The number of hydrogen-bond acceptors (Lipinski definition) is 4. The number of amides is 1. The van der Waals surface area contributed by atoms with E-state index < -0.39 is 23.8 Å². The molecule has 5 nitrogen and oxygen atoms in total. The van der Waals surface area contributed by atoms with Gasteiger partial charge in [-0.25, -0.2) is 8.78 Å². The van der Waals surface area contributed by atoms with Crippen LogP contribution in [-0.4, -0.2) is 42.9 Å². The molecular weight excluding hydrogens is 414 g/mol. The number of carbonyl (C=O) groups excluding carboxylic acids is 1. The zero-order chi connectivity index (χ0) is 22.7. The van der Waals surface area contributed by atoms with Gasteiger partial charge in [-0.3, -0.25) is 4.79 Å². The molecule has 1 aliphatic heterocycles. The number of aliphatic hydroxyl groups is 1. The molecule has 1 aliphatic carbocycles. The highest BCUT2D eigenvalue weighted by atomic mass is 19.1. The summed E-state index contributed by atoms with van der Waals surface area (Å²) in [6, 6.07) is 11.1. The topological polar surface area (TPSA) is 70.6 Å². The molecule has 1 amide bonds. The SMILES string of the molecule is CC(=O)NC(Cc1cc(F)cc(F)c1)C(O)CNC1(c2cccc(C3CCOC3)c2)CC1. The van der Waals surface area contributed by atoms with Gasteiger partial charge in [-0.1, -0.05) is 24.3 Å².